The molecule has 27 heavy (non-hydrogen) atoms. The number of carbonyl (C=O) groups excluding carboxylic acids is 1. The predicted octanol–water partition coefficient (Wildman–Crippen LogP) is 4.68. The van der Waals surface area contributed by atoms with Crippen LogP contribution in [0.4, 0.5) is 10.3 Å². The van der Waals surface area contributed by atoms with Crippen molar-refractivity contribution in [2.24, 2.45) is 0 Å². The summed E-state index contributed by atoms with van der Waals surface area (Å²) in [4.78, 5) is 17.3. The first-order valence-electron chi connectivity index (χ1n) is 8.58. The Bertz CT molecular complexity index is 1070. The first-order valence-corrected chi connectivity index (χ1v) is 8.96. The molecule has 7 heteroatoms. The highest BCUT2D eigenvalue weighted by Gasteiger charge is 2.37. The number of allylic oxidation sites excluding steroid dienone is 1. The van der Waals surface area contributed by atoms with Crippen LogP contribution in [-0.4, -0.2) is 22.1 Å². The molecular weight excluding hydrogens is 369 g/mol. The largest absolute Gasteiger partial charge is 0.463 e. The average molecular weight is 386 g/mol. The highest BCUT2D eigenvalue weighted by Crippen LogP contribution is 2.42. The van der Waals surface area contributed by atoms with E-state index in [2.05, 4.69) is 10.3 Å². The number of halogens is 2. The van der Waals surface area contributed by atoms with Gasteiger partial charge in [0, 0.05) is 16.3 Å². The minimum atomic E-state index is -0.790. The van der Waals surface area contributed by atoms with Gasteiger partial charge in [-0.2, -0.15) is 0 Å². The number of para-hydroxylation sites is 2. The van der Waals surface area contributed by atoms with Crippen molar-refractivity contribution in [1.29, 1.82) is 0 Å². The molecule has 1 N–H and O–H groups in total. The van der Waals surface area contributed by atoms with Crippen molar-refractivity contribution in [2.45, 2.75) is 19.9 Å². The minimum absolute atomic E-state index is 0.213. The summed E-state index contributed by atoms with van der Waals surface area (Å²) in [6, 6.07) is 11.2. The molecule has 0 saturated carbocycles. The molecule has 1 atom stereocenters. The second kappa shape index (κ2) is 6.70. The fourth-order valence-corrected chi connectivity index (χ4v) is 3.75. The third kappa shape index (κ3) is 2.77. The Hall–Kier alpha value is -2.86. The van der Waals surface area contributed by atoms with Crippen LogP contribution in [0.2, 0.25) is 5.02 Å². The average Bonchev–Trinajstić information content (AvgIpc) is 2.99. The third-order valence-corrected chi connectivity index (χ3v) is 4.93. The van der Waals surface area contributed by atoms with E-state index in [9.17, 15) is 9.18 Å². The molecule has 2 aromatic carbocycles. The molecule has 5 nitrogen and oxygen atoms in total. The van der Waals surface area contributed by atoms with E-state index in [1.807, 2.05) is 24.3 Å². The van der Waals surface area contributed by atoms with E-state index in [-0.39, 0.29) is 17.2 Å². The van der Waals surface area contributed by atoms with Gasteiger partial charge in [-0.25, -0.2) is 14.2 Å². The number of nitrogens with one attached hydrogen (secondary N) is 1. The quantitative estimate of drug-likeness (QED) is 0.665. The molecule has 4 rings (SSSR count). The van der Waals surface area contributed by atoms with E-state index < -0.39 is 17.8 Å². The monoisotopic (exact) mass is 385 g/mol. The predicted molar refractivity (Wildman–Crippen MR) is 102 cm³/mol. The third-order valence-electron chi connectivity index (χ3n) is 4.60. The van der Waals surface area contributed by atoms with E-state index in [4.69, 9.17) is 16.3 Å². The van der Waals surface area contributed by atoms with Gasteiger partial charge in [-0.3, -0.25) is 4.57 Å². The lowest BCUT2D eigenvalue weighted by atomic mass is 9.94. The van der Waals surface area contributed by atoms with Crippen molar-refractivity contribution < 1.29 is 13.9 Å². The number of anilines is 1. The molecule has 2 heterocycles. The summed E-state index contributed by atoms with van der Waals surface area (Å²) in [6.45, 7) is 3.69. The maximum absolute atomic E-state index is 14.9. The number of carbonyl (C=O) groups is 1. The second-order valence-corrected chi connectivity index (χ2v) is 6.62. The number of esters is 1. The summed E-state index contributed by atoms with van der Waals surface area (Å²) in [5.74, 6) is -0.492. The smallest absolute Gasteiger partial charge is 0.338 e. The number of benzene rings is 2. The van der Waals surface area contributed by atoms with E-state index in [1.54, 1.807) is 24.5 Å². The number of ether oxygens (including phenoxy) is 1. The summed E-state index contributed by atoms with van der Waals surface area (Å²) in [5.41, 5.74) is 2.57. The molecule has 0 amide bonds. The first kappa shape index (κ1) is 17.5. The van der Waals surface area contributed by atoms with Crippen LogP contribution in [-0.2, 0) is 9.53 Å². The van der Waals surface area contributed by atoms with Crippen LogP contribution in [0.15, 0.2) is 53.7 Å². The molecule has 0 aliphatic carbocycles. The fraction of sp³-hybridized carbons (Fsp3) is 0.200. The first-order chi connectivity index (χ1) is 13.0. The van der Waals surface area contributed by atoms with Gasteiger partial charge in [0.1, 0.15) is 11.9 Å². The van der Waals surface area contributed by atoms with Gasteiger partial charge in [-0.15, -0.1) is 0 Å². The Balaban J connectivity index is 2.05. The van der Waals surface area contributed by atoms with Crippen LogP contribution < -0.4 is 5.32 Å². The van der Waals surface area contributed by atoms with Gasteiger partial charge in [-0.05, 0) is 38.1 Å². The number of rotatable bonds is 3. The van der Waals surface area contributed by atoms with Crippen LogP contribution in [0.1, 0.15) is 25.5 Å². The van der Waals surface area contributed by atoms with Crippen LogP contribution in [0.25, 0.3) is 11.0 Å². The minimum Gasteiger partial charge on any atom is -0.463 e. The van der Waals surface area contributed by atoms with Gasteiger partial charge in [-0.1, -0.05) is 29.8 Å². The lowest BCUT2D eigenvalue weighted by molar-refractivity contribution is -0.139. The second-order valence-electron chi connectivity index (χ2n) is 6.22. The lowest BCUT2D eigenvalue weighted by Gasteiger charge is -2.30. The number of nitrogens with zero attached hydrogens (tertiary/aromatic N) is 2. The molecule has 0 fully saturated rings. The van der Waals surface area contributed by atoms with Crippen molar-refractivity contribution in [3.63, 3.8) is 0 Å². The van der Waals surface area contributed by atoms with Gasteiger partial charge < -0.3 is 10.1 Å². The summed E-state index contributed by atoms with van der Waals surface area (Å²) >= 11 is 6.37. The Morgan fingerprint density at radius 1 is 1.30 bits per heavy atom. The molecule has 1 aromatic heterocycles. The van der Waals surface area contributed by atoms with Gasteiger partial charge >= 0.3 is 5.97 Å². The standard InChI is InChI=1S/C20H17ClFN3O2/c1-3-27-19(26)16-11(2)23-20-24-14-9-4-5-10-15(14)25(20)18(16)17-12(21)7-6-8-13(17)22/h4-10,18H,3H2,1-2H3,(H,23,24)/t18-/m0/s1. The molecule has 1 aliphatic rings. The van der Waals surface area contributed by atoms with E-state index in [0.29, 0.717) is 17.2 Å². The normalized spacial score (nSPS) is 16.2. The molecule has 0 bridgehead atoms. The topological polar surface area (TPSA) is 56.1 Å². The maximum atomic E-state index is 14.9. The van der Waals surface area contributed by atoms with Crippen molar-refractivity contribution >= 4 is 34.6 Å². The summed E-state index contributed by atoms with van der Waals surface area (Å²) in [7, 11) is 0. The summed E-state index contributed by atoms with van der Waals surface area (Å²) in [5, 5.41) is 3.38. The lowest BCUT2D eigenvalue weighted by Crippen LogP contribution is -2.29. The van der Waals surface area contributed by atoms with Gasteiger partial charge in [0.15, 0.2) is 0 Å². The summed E-state index contributed by atoms with van der Waals surface area (Å²) < 4.78 is 21.9. The Kier molecular flexibility index (Phi) is 4.36. The number of imidazole rings is 1. The van der Waals surface area contributed by atoms with Gasteiger partial charge in [0.05, 0.1) is 23.2 Å². The van der Waals surface area contributed by atoms with Crippen LogP contribution in [0.3, 0.4) is 0 Å². The van der Waals surface area contributed by atoms with Crippen molar-refractivity contribution in [3.05, 3.63) is 70.1 Å². The van der Waals surface area contributed by atoms with Crippen LogP contribution >= 0.6 is 11.6 Å². The molecular formula is C20H17ClFN3O2. The molecule has 138 valence electrons. The number of aromatic nitrogens is 2. The van der Waals surface area contributed by atoms with Crippen molar-refractivity contribution in [3.8, 4) is 0 Å². The summed E-state index contributed by atoms with van der Waals surface area (Å²) in [6.07, 6.45) is 0. The fourth-order valence-electron chi connectivity index (χ4n) is 3.48. The van der Waals surface area contributed by atoms with Crippen LogP contribution in [0.5, 0.6) is 0 Å². The Morgan fingerprint density at radius 3 is 2.81 bits per heavy atom. The molecule has 0 saturated heterocycles. The SMILES string of the molecule is CCOC(=O)C1=C(C)Nc2nc3ccccc3n2[C@@H]1c1c(F)cccc1Cl. The van der Waals surface area contributed by atoms with E-state index in [0.717, 1.165) is 11.0 Å². The van der Waals surface area contributed by atoms with E-state index >= 15 is 0 Å². The van der Waals surface area contributed by atoms with Crippen molar-refractivity contribution in [1.82, 2.24) is 9.55 Å². The number of hydrogen-bond acceptors (Lipinski definition) is 4. The molecule has 1 aliphatic heterocycles. The van der Waals surface area contributed by atoms with Gasteiger partial charge in [0.2, 0.25) is 5.95 Å². The Morgan fingerprint density at radius 2 is 2.07 bits per heavy atom. The number of hydrogen-bond donors (Lipinski definition) is 1. The highest BCUT2D eigenvalue weighted by atomic mass is 35.5. The number of fused-ring (bicyclic) bond motifs is 3. The molecule has 0 spiro atoms. The Labute approximate surface area is 160 Å². The maximum Gasteiger partial charge on any atom is 0.338 e. The van der Waals surface area contributed by atoms with Crippen LogP contribution in [0, 0.1) is 5.82 Å². The zero-order valence-electron chi connectivity index (χ0n) is 14.8. The van der Waals surface area contributed by atoms with Crippen molar-refractivity contribution in [2.75, 3.05) is 11.9 Å². The van der Waals surface area contributed by atoms with E-state index in [1.165, 1.54) is 12.1 Å². The van der Waals surface area contributed by atoms with Gasteiger partial charge in [0.25, 0.3) is 0 Å². The highest BCUT2D eigenvalue weighted by molar-refractivity contribution is 6.31. The molecule has 3 aromatic rings. The zero-order chi connectivity index (χ0) is 19.1. The zero-order valence-corrected chi connectivity index (χ0v) is 15.5. The molecule has 0 unspecified atom stereocenters. The molecule has 0 radical (unpaired) electrons.